The summed E-state index contributed by atoms with van der Waals surface area (Å²) in [5, 5.41) is 17.5. The zero-order chi connectivity index (χ0) is 24.2. The number of hydrogen-bond acceptors (Lipinski definition) is 4. The second-order valence-corrected chi connectivity index (χ2v) is 8.83. The highest BCUT2D eigenvalue weighted by molar-refractivity contribution is 5.57. The fourth-order valence-electron chi connectivity index (χ4n) is 3.61. The highest BCUT2D eigenvalue weighted by Crippen LogP contribution is 2.26. The van der Waals surface area contributed by atoms with E-state index in [4.69, 9.17) is 5.11 Å². The number of nitrogens with zero attached hydrogens (tertiary/aromatic N) is 3. The van der Waals surface area contributed by atoms with Crippen molar-refractivity contribution in [1.29, 1.82) is 0 Å². The van der Waals surface area contributed by atoms with Crippen molar-refractivity contribution in [2.45, 2.75) is 91.4 Å². The van der Waals surface area contributed by atoms with Gasteiger partial charge in [-0.05, 0) is 42.8 Å². The van der Waals surface area contributed by atoms with Crippen molar-refractivity contribution >= 4 is 17.1 Å². The first-order chi connectivity index (χ1) is 16.1. The Balaban J connectivity index is 0.000000366. The Morgan fingerprint density at radius 2 is 1.27 bits per heavy atom. The Morgan fingerprint density at radius 3 is 1.76 bits per heavy atom. The molecule has 0 aliphatic heterocycles. The van der Waals surface area contributed by atoms with Gasteiger partial charge in [0.1, 0.15) is 0 Å². The normalized spacial score (nSPS) is 10.8. The summed E-state index contributed by atoms with van der Waals surface area (Å²) < 4.78 is 0. The molecule has 0 radical (unpaired) electrons. The standard InChI is InChI=1S/C16H19N3O.C13H28/c1-13-12-15(19(2)10-11-20)8-9-16(13)18-17-14-6-4-3-5-7-14;1-3-5-7-9-11-13-12-10-8-6-4-2/h3-9,12,20H,10-11H2,1-2H3;3-13H2,1-2H3. The number of likely N-dealkylation sites (N-methyl/N-ethyl adjacent to an activating group) is 1. The van der Waals surface area contributed by atoms with Crippen molar-refractivity contribution in [3.05, 3.63) is 54.1 Å². The summed E-state index contributed by atoms with van der Waals surface area (Å²) in [6.45, 7) is 7.33. The first-order valence-corrected chi connectivity index (χ1v) is 13.0. The summed E-state index contributed by atoms with van der Waals surface area (Å²) in [6, 6.07) is 15.7. The SMILES string of the molecule is CCCCCCCCCCCCC.Cc1cc(N(C)CCO)ccc1N=Nc1ccccc1. The molecule has 0 fully saturated rings. The molecule has 0 saturated carbocycles. The number of azo groups is 1. The number of unbranched alkanes of at least 4 members (excludes halogenated alkanes) is 10. The molecular weight excluding hydrogens is 406 g/mol. The zero-order valence-corrected chi connectivity index (χ0v) is 21.6. The molecule has 1 N–H and O–H groups in total. The van der Waals surface area contributed by atoms with Crippen LogP contribution in [0.1, 0.15) is 90.0 Å². The van der Waals surface area contributed by atoms with E-state index in [2.05, 4.69) is 30.1 Å². The molecule has 0 aliphatic rings. The monoisotopic (exact) mass is 453 g/mol. The van der Waals surface area contributed by atoms with Crippen LogP contribution in [-0.2, 0) is 0 Å². The van der Waals surface area contributed by atoms with E-state index in [1.165, 1.54) is 70.6 Å². The van der Waals surface area contributed by atoms with E-state index in [9.17, 15) is 0 Å². The lowest BCUT2D eigenvalue weighted by atomic mass is 10.1. The van der Waals surface area contributed by atoms with Crippen molar-refractivity contribution in [2.24, 2.45) is 10.2 Å². The van der Waals surface area contributed by atoms with E-state index in [0.717, 1.165) is 22.6 Å². The quantitative estimate of drug-likeness (QED) is 0.216. The third-order valence-corrected chi connectivity index (χ3v) is 5.79. The van der Waals surface area contributed by atoms with Crippen LogP contribution in [0.5, 0.6) is 0 Å². The fourth-order valence-corrected chi connectivity index (χ4v) is 3.61. The van der Waals surface area contributed by atoms with Gasteiger partial charge in [0.15, 0.2) is 0 Å². The molecule has 0 atom stereocenters. The summed E-state index contributed by atoms with van der Waals surface area (Å²) in [5.41, 5.74) is 3.82. The number of hydrogen-bond donors (Lipinski definition) is 1. The number of anilines is 1. The van der Waals surface area contributed by atoms with Crippen LogP contribution in [0.2, 0.25) is 0 Å². The van der Waals surface area contributed by atoms with Gasteiger partial charge in [0, 0.05) is 19.3 Å². The highest BCUT2D eigenvalue weighted by atomic mass is 16.3. The van der Waals surface area contributed by atoms with Crippen molar-refractivity contribution < 1.29 is 5.11 Å². The number of benzene rings is 2. The molecule has 2 rings (SSSR count). The van der Waals surface area contributed by atoms with Gasteiger partial charge in [-0.2, -0.15) is 10.2 Å². The van der Waals surface area contributed by atoms with Gasteiger partial charge in [0.2, 0.25) is 0 Å². The van der Waals surface area contributed by atoms with E-state index < -0.39 is 0 Å². The van der Waals surface area contributed by atoms with Crippen molar-refractivity contribution in [1.82, 2.24) is 0 Å². The van der Waals surface area contributed by atoms with E-state index in [1.807, 2.05) is 61.3 Å². The number of rotatable bonds is 15. The molecule has 4 nitrogen and oxygen atoms in total. The fraction of sp³-hybridized carbons (Fsp3) is 0.586. The van der Waals surface area contributed by atoms with Gasteiger partial charge < -0.3 is 10.0 Å². The van der Waals surface area contributed by atoms with Crippen LogP contribution in [0.3, 0.4) is 0 Å². The molecule has 0 unspecified atom stereocenters. The lowest BCUT2D eigenvalue weighted by Gasteiger charge is -2.18. The molecular formula is C29H47N3O. The van der Waals surface area contributed by atoms with Crippen LogP contribution in [-0.4, -0.2) is 25.3 Å². The minimum absolute atomic E-state index is 0.144. The summed E-state index contributed by atoms with van der Waals surface area (Å²) >= 11 is 0. The third kappa shape index (κ3) is 13.8. The largest absolute Gasteiger partial charge is 0.395 e. The van der Waals surface area contributed by atoms with Crippen LogP contribution in [0.4, 0.5) is 17.1 Å². The van der Waals surface area contributed by atoms with Gasteiger partial charge >= 0.3 is 0 Å². The molecule has 184 valence electrons. The lowest BCUT2D eigenvalue weighted by Crippen LogP contribution is -2.20. The van der Waals surface area contributed by atoms with Crippen LogP contribution in [0, 0.1) is 6.92 Å². The predicted molar refractivity (Wildman–Crippen MR) is 144 cm³/mol. The molecule has 0 amide bonds. The smallest absolute Gasteiger partial charge is 0.0887 e. The summed E-state index contributed by atoms with van der Waals surface area (Å²) in [5.74, 6) is 0. The second-order valence-electron chi connectivity index (χ2n) is 8.83. The molecule has 2 aromatic carbocycles. The lowest BCUT2D eigenvalue weighted by molar-refractivity contribution is 0.304. The third-order valence-electron chi connectivity index (χ3n) is 5.79. The van der Waals surface area contributed by atoms with Crippen LogP contribution in [0.15, 0.2) is 58.8 Å². The van der Waals surface area contributed by atoms with Crippen molar-refractivity contribution in [3.8, 4) is 0 Å². The van der Waals surface area contributed by atoms with Gasteiger partial charge in [0.05, 0.1) is 18.0 Å². The highest BCUT2D eigenvalue weighted by Gasteiger charge is 2.03. The molecule has 0 spiro atoms. The number of aliphatic hydroxyl groups excluding tert-OH is 1. The molecule has 33 heavy (non-hydrogen) atoms. The predicted octanol–water partition coefficient (Wildman–Crippen LogP) is 9.16. The van der Waals surface area contributed by atoms with Crippen molar-refractivity contribution in [3.63, 3.8) is 0 Å². The van der Waals surface area contributed by atoms with E-state index >= 15 is 0 Å². The van der Waals surface area contributed by atoms with Gasteiger partial charge in [-0.15, -0.1) is 0 Å². The molecule has 0 saturated heterocycles. The zero-order valence-electron chi connectivity index (χ0n) is 21.6. The number of aliphatic hydroxyl groups is 1. The molecule has 0 aliphatic carbocycles. The van der Waals surface area contributed by atoms with Gasteiger partial charge in [0.25, 0.3) is 0 Å². The maximum absolute atomic E-state index is 8.96. The summed E-state index contributed by atoms with van der Waals surface area (Å²) in [7, 11) is 1.95. The Kier molecular flexibility index (Phi) is 16.9. The van der Waals surface area contributed by atoms with E-state index in [0.29, 0.717) is 6.54 Å². The van der Waals surface area contributed by atoms with E-state index in [-0.39, 0.29) is 6.61 Å². The average molecular weight is 454 g/mol. The molecule has 0 aromatic heterocycles. The molecule has 0 heterocycles. The van der Waals surface area contributed by atoms with Gasteiger partial charge in [-0.3, -0.25) is 0 Å². The summed E-state index contributed by atoms with van der Waals surface area (Å²) in [6.07, 6.45) is 15.9. The molecule has 4 heteroatoms. The first-order valence-electron chi connectivity index (χ1n) is 13.0. The van der Waals surface area contributed by atoms with Crippen molar-refractivity contribution in [2.75, 3.05) is 25.1 Å². The Labute approximate surface area is 203 Å². The second kappa shape index (κ2) is 19.3. The molecule has 2 aromatic rings. The topological polar surface area (TPSA) is 48.2 Å². The van der Waals surface area contributed by atoms with Crippen LogP contribution in [0.25, 0.3) is 0 Å². The Hall–Kier alpha value is -2.20. The van der Waals surface area contributed by atoms with E-state index in [1.54, 1.807) is 0 Å². The Morgan fingerprint density at radius 1 is 0.727 bits per heavy atom. The number of aryl methyl sites for hydroxylation is 1. The Bertz CT molecular complexity index is 736. The average Bonchev–Trinajstić information content (AvgIpc) is 2.83. The first kappa shape index (κ1) is 28.8. The minimum Gasteiger partial charge on any atom is -0.395 e. The maximum Gasteiger partial charge on any atom is 0.0887 e. The minimum atomic E-state index is 0.144. The summed E-state index contributed by atoms with van der Waals surface area (Å²) in [4.78, 5) is 2.01. The van der Waals surface area contributed by atoms with Gasteiger partial charge in [-0.25, -0.2) is 0 Å². The maximum atomic E-state index is 8.96. The molecule has 0 bridgehead atoms. The van der Waals surface area contributed by atoms with Crippen LogP contribution >= 0.6 is 0 Å². The van der Waals surface area contributed by atoms with Gasteiger partial charge in [-0.1, -0.05) is 103 Å². The van der Waals surface area contributed by atoms with Crippen LogP contribution < -0.4 is 4.90 Å².